The molecule has 1 rings (SSSR count). The van der Waals surface area contributed by atoms with Crippen LogP contribution in [0.15, 0.2) is 23.2 Å². The van der Waals surface area contributed by atoms with E-state index in [-0.39, 0.29) is 5.56 Å². The average Bonchev–Trinajstić information content (AvgIpc) is 2.08. The number of isothiocyanates is 1. The molecular weight excluding hydrogens is 186 g/mol. The summed E-state index contributed by atoms with van der Waals surface area (Å²) in [5.41, 5.74) is 1.68. The fourth-order valence-electron chi connectivity index (χ4n) is 0.963. The second-order valence-electron chi connectivity index (χ2n) is 2.51. The SMILES string of the molecule is Cc1cc(C(=O)O)ccc1N=C=S. The van der Waals surface area contributed by atoms with E-state index in [1.54, 1.807) is 19.1 Å². The quantitative estimate of drug-likeness (QED) is 0.579. The van der Waals surface area contributed by atoms with Crippen LogP contribution in [0.3, 0.4) is 0 Å². The Morgan fingerprint density at radius 3 is 2.77 bits per heavy atom. The molecule has 0 spiro atoms. The van der Waals surface area contributed by atoms with Gasteiger partial charge in [0.1, 0.15) is 0 Å². The highest BCUT2D eigenvalue weighted by Crippen LogP contribution is 2.18. The fourth-order valence-corrected chi connectivity index (χ4v) is 1.06. The molecule has 0 unspecified atom stereocenters. The molecule has 0 amide bonds. The van der Waals surface area contributed by atoms with Crippen molar-refractivity contribution in [1.29, 1.82) is 0 Å². The van der Waals surface area contributed by atoms with Crippen LogP contribution >= 0.6 is 12.2 Å². The zero-order valence-corrected chi connectivity index (χ0v) is 7.76. The lowest BCUT2D eigenvalue weighted by Gasteiger charge is -1.99. The Morgan fingerprint density at radius 1 is 1.62 bits per heavy atom. The number of nitrogens with zero attached hydrogens (tertiary/aromatic N) is 1. The molecule has 0 saturated heterocycles. The van der Waals surface area contributed by atoms with Crippen molar-refractivity contribution in [1.82, 2.24) is 0 Å². The minimum Gasteiger partial charge on any atom is -0.478 e. The first-order valence-corrected chi connectivity index (χ1v) is 3.98. The van der Waals surface area contributed by atoms with Crippen molar-refractivity contribution >= 4 is 29.0 Å². The maximum atomic E-state index is 10.6. The van der Waals surface area contributed by atoms with Gasteiger partial charge in [0, 0.05) is 0 Å². The number of aryl methyl sites for hydroxylation is 1. The Balaban J connectivity index is 3.19. The lowest BCUT2D eigenvalue weighted by atomic mass is 10.1. The maximum Gasteiger partial charge on any atom is 0.335 e. The molecule has 4 heteroatoms. The van der Waals surface area contributed by atoms with Crippen molar-refractivity contribution in [2.45, 2.75) is 6.92 Å². The van der Waals surface area contributed by atoms with Crippen molar-refractivity contribution in [3.63, 3.8) is 0 Å². The summed E-state index contributed by atoms with van der Waals surface area (Å²) in [7, 11) is 0. The van der Waals surface area contributed by atoms with Crippen LogP contribution < -0.4 is 0 Å². The van der Waals surface area contributed by atoms with Crippen LogP contribution in [0.2, 0.25) is 0 Å². The van der Waals surface area contributed by atoms with E-state index in [1.165, 1.54) is 6.07 Å². The molecule has 0 aliphatic carbocycles. The standard InChI is InChI=1S/C9H7NO2S/c1-6-4-7(9(11)12)2-3-8(6)10-5-13/h2-4H,1H3,(H,11,12). The summed E-state index contributed by atoms with van der Waals surface area (Å²) in [6.45, 7) is 1.78. The average molecular weight is 193 g/mol. The zero-order valence-electron chi connectivity index (χ0n) is 6.94. The molecular formula is C9H7NO2S. The van der Waals surface area contributed by atoms with Gasteiger partial charge in [-0.2, -0.15) is 4.99 Å². The van der Waals surface area contributed by atoms with E-state index in [1.807, 2.05) is 0 Å². The Morgan fingerprint density at radius 2 is 2.31 bits per heavy atom. The van der Waals surface area contributed by atoms with Crippen LogP contribution in [0.25, 0.3) is 0 Å². The smallest absolute Gasteiger partial charge is 0.335 e. The topological polar surface area (TPSA) is 49.7 Å². The van der Waals surface area contributed by atoms with Crippen molar-refractivity contribution < 1.29 is 9.90 Å². The Hall–Kier alpha value is -1.51. The highest BCUT2D eigenvalue weighted by atomic mass is 32.1. The number of thiocarbonyl (C=S) groups is 1. The number of aliphatic imine (C=N–C) groups is 1. The molecule has 0 saturated carbocycles. The molecule has 0 aliphatic heterocycles. The van der Waals surface area contributed by atoms with Gasteiger partial charge in [-0.25, -0.2) is 4.79 Å². The van der Waals surface area contributed by atoms with Gasteiger partial charge in [-0.15, -0.1) is 0 Å². The molecule has 1 aromatic carbocycles. The minimum atomic E-state index is -0.944. The summed E-state index contributed by atoms with van der Waals surface area (Å²) < 4.78 is 0. The second-order valence-corrected chi connectivity index (χ2v) is 2.69. The van der Waals surface area contributed by atoms with Crippen LogP contribution in [0.1, 0.15) is 15.9 Å². The third-order valence-corrected chi connectivity index (χ3v) is 1.70. The summed E-state index contributed by atoms with van der Waals surface area (Å²) in [5, 5.41) is 10.9. The number of rotatable bonds is 2. The molecule has 0 radical (unpaired) electrons. The van der Waals surface area contributed by atoms with Gasteiger partial charge in [-0.1, -0.05) is 0 Å². The first-order chi connectivity index (χ1) is 6.15. The first-order valence-electron chi connectivity index (χ1n) is 3.57. The number of carboxylic acids is 1. The van der Waals surface area contributed by atoms with Crippen molar-refractivity contribution in [2.75, 3.05) is 0 Å². The van der Waals surface area contributed by atoms with Gasteiger partial charge in [0.2, 0.25) is 0 Å². The van der Waals surface area contributed by atoms with Gasteiger partial charge >= 0.3 is 5.97 Å². The van der Waals surface area contributed by atoms with Crippen molar-refractivity contribution in [2.24, 2.45) is 4.99 Å². The summed E-state index contributed by atoms with van der Waals surface area (Å²) >= 11 is 4.45. The largest absolute Gasteiger partial charge is 0.478 e. The number of hydrogen-bond acceptors (Lipinski definition) is 3. The van der Waals surface area contributed by atoms with Gasteiger partial charge in [0.15, 0.2) is 0 Å². The molecule has 0 heterocycles. The number of carboxylic acid groups (broad SMARTS) is 1. The number of benzene rings is 1. The highest BCUT2D eigenvalue weighted by Gasteiger charge is 2.04. The molecule has 0 fully saturated rings. The van der Waals surface area contributed by atoms with Crippen molar-refractivity contribution in [3.05, 3.63) is 29.3 Å². The molecule has 1 aromatic rings. The first kappa shape index (κ1) is 9.58. The third-order valence-electron chi connectivity index (χ3n) is 1.61. The van der Waals surface area contributed by atoms with E-state index in [0.29, 0.717) is 5.69 Å². The fraction of sp³-hybridized carbons (Fsp3) is 0.111. The van der Waals surface area contributed by atoms with E-state index in [4.69, 9.17) is 5.11 Å². The molecule has 0 atom stereocenters. The molecule has 0 aliphatic rings. The Labute approximate surface area is 80.7 Å². The molecule has 13 heavy (non-hydrogen) atoms. The summed E-state index contributed by atoms with van der Waals surface area (Å²) in [6, 6.07) is 4.65. The lowest BCUT2D eigenvalue weighted by Crippen LogP contribution is -1.95. The van der Waals surface area contributed by atoms with Crippen LogP contribution in [0, 0.1) is 6.92 Å². The number of hydrogen-bond donors (Lipinski definition) is 1. The monoisotopic (exact) mass is 193 g/mol. The van der Waals surface area contributed by atoms with Gasteiger partial charge < -0.3 is 5.11 Å². The van der Waals surface area contributed by atoms with E-state index in [2.05, 4.69) is 22.4 Å². The summed E-state index contributed by atoms with van der Waals surface area (Å²) in [4.78, 5) is 14.3. The lowest BCUT2D eigenvalue weighted by molar-refractivity contribution is 0.0697. The molecule has 0 bridgehead atoms. The third kappa shape index (κ3) is 2.21. The Kier molecular flexibility index (Phi) is 2.90. The van der Waals surface area contributed by atoms with E-state index in [9.17, 15) is 4.79 Å². The van der Waals surface area contributed by atoms with Crippen molar-refractivity contribution in [3.8, 4) is 0 Å². The van der Waals surface area contributed by atoms with Gasteiger partial charge in [0.25, 0.3) is 0 Å². The number of carbonyl (C=O) groups is 1. The molecule has 1 N–H and O–H groups in total. The zero-order chi connectivity index (χ0) is 9.84. The van der Waals surface area contributed by atoms with Crippen LogP contribution in [0.5, 0.6) is 0 Å². The predicted molar refractivity (Wildman–Crippen MR) is 52.8 cm³/mol. The van der Waals surface area contributed by atoms with Crippen LogP contribution in [-0.4, -0.2) is 16.2 Å². The minimum absolute atomic E-state index is 0.251. The number of aromatic carboxylic acids is 1. The maximum absolute atomic E-state index is 10.6. The normalized spacial score (nSPS) is 9.00. The molecule has 66 valence electrons. The second kappa shape index (κ2) is 3.94. The van der Waals surface area contributed by atoms with E-state index < -0.39 is 5.97 Å². The van der Waals surface area contributed by atoms with Gasteiger partial charge in [0.05, 0.1) is 16.4 Å². The van der Waals surface area contributed by atoms with Gasteiger partial charge in [-0.3, -0.25) is 0 Å². The predicted octanol–water partition coefficient (Wildman–Crippen LogP) is 2.43. The molecule has 3 nitrogen and oxygen atoms in total. The van der Waals surface area contributed by atoms with E-state index in [0.717, 1.165) is 5.56 Å². The van der Waals surface area contributed by atoms with Crippen LogP contribution in [-0.2, 0) is 0 Å². The summed E-state index contributed by atoms with van der Waals surface area (Å²) in [5.74, 6) is -0.944. The Bertz CT molecular complexity index is 395. The molecule has 0 aromatic heterocycles. The van der Waals surface area contributed by atoms with Crippen LogP contribution in [0.4, 0.5) is 5.69 Å². The van der Waals surface area contributed by atoms with E-state index >= 15 is 0 Å². The highest BCUT2D eigenvalue weighted by molar-refractivity contribution is 7.78. The summed E-state index contributed by atoms with van der Waals surface area (Å²) in [6.07, 6.45) is 0. The van der Waals surface area contributed by atoms with Gasteiger partial charge in [-0.05, 0) is 42.9 Å².